The Balaban J connectivity index is 5.19. The summed E-state index contributed by atoms with van der Waals surface area (Å²) in [5.41, 5.74) is 0. The van der Waals surface area contributed by atoms with E-state index < -0.39 is 97.5 Å². The van der Waals surface area contributed by atoms with Gasteiger partial charge in [-0.2, -0.15) is 0 Å². The Morgan fingerprint density at radius 1 is 0.270 bits per heavy atom. The number of rotatable bonds is 80. The molecule has 0 aliphatic rings. The number of carbonyl (C=O) groups excluding carboxylic acids is 4. The molecule has 2 unspecified atom stereocenters. The van der Waals surface area contributed by atoms with Crippen molar-refractivity contribution in [3.8, 4) is 0 Å². The van der Waals surface area contributed by atoms with E-state index in [-0.39, 0.29) is 25.7 Å². The highest BCUT2D eigenvalue weighted by molar-refractivity contribution is 7.47. The van der Waals surface area contributed by atoms with Crippen LogP contribution in [0.4, 0.5) is 0 Å². The van der Waals surface area contributed by atoms with Gasteiger partial charge in [-0.25, -0.2) is 9.13 Å². The van der Waals surface area contributed by atoms with Crippen molar-refractivity contribution in [1.82, 2.24) is 0 Å². The van der Waals surface area contributed by atoms with Crippen LogP contribution in [-0.4, -0.2) is 96.7 Å². The Bertz CT molecular complexity index is 1920. The molecule has 100 heavy (non-hydrogen) atoms. The van der Waals surface area contributed by atoms with Crippen LogP contribution in [0.25, 0.3) is 0 Å². The third-order valence-corrected chi connectivity index (χ3v) is 20.9. The number of esters is 4. The summed E-state index contributed by atoms with van der Waals surface area (Å²) in [6.07, 6.45) is 62.5. The van der Waals surface area contributed by atoms with E-state index in [1.165, 1.54) is 238 Å². The van der Waals surface area contributed by atoms with Crippen LogP contribution in [0.5, 0.6) is 0 Å². The molecule has 0 amide bonds. The first-order valence-corrected chi connectivity index (χ1v) is 45.0. The smallest absolute Gasteiger partial charge is 0.462 e. The molecule has 0 aliphatic carbocycles. The SMILES string of the molecule is CCCCCCCCCCCCCCCC(=O)O[C@H](COC(=O)CCCCCCCCCC)COP(=O)(O)OC[C@H](O)COP(=O)(O)OC[C@@H](COC(=O)CCCCCCCCCCCCCCCCCC(C)C)OC(=O)CCCCCCCCCCCCCCCCCCCCC(C)C. The lowest BCUT2D eigenvalue weighted by molar-refractivity contribution is -0.161. The van der Waals surface area contributed by atoms with E-state index in [0.29, 0.717) is 25.7 Å². The van der Waals surface area contributed by atoms with E-state index in [1.54, 1.807) is 0 Å². The van der Waals surface area contributed by atoms with Crippen LogP contribution in [0.3, 0.4) is 0 Å². The van der Waals surface area contributed by atoms with E-state index in [2.05, 4.69) is 41.5 Å². The topological polar surface area (TPSA) is 237 Å². The normalized spacial score (nSPS) is 13.9. The van der Waals surface area contributed by atoms with Gasteiger partial charge in [-0.05, 0) is 37.5 Å². The predicted molar refractivity (Wildman–Crippen MR) is 409 cm³/mol. The van der Waals surface area contributed by atoms with Crippen LogP contribution in [0, 0.1) is 11.8 Å². The summed E-state index contributed by atoms with van der Waals surface area (Å²) in [5.74, 6) is -0.484. The van der Waals surface area contributed by atoms with Crippen LogP contribution in [-0.2, 0) is 65.4 Å². The molecule has 0 saturated carbocycles. The fraction of sp³-hybridized carbons (Fsp3) is 0.951. The number of unbranched alkanes of at least 4 members (excludes halogenated alkanes) is 50. The largest absolute Gasteiger partial charge is 0.472 e. The van der Waals surface area contributed by atoms with E-state index in [0.717, 1.165) is 108 Å². The molecule has 0 spiro atoms. The molecular formula is C81H158O17P2. The van der Waals surface area contributed by atoms with Gasteiger partial charge in [-0.15, -0.1) is 0 Å². The van der Waals surface area contributed by atoms with Crippen molar-refractivity contribution in [3.05, 3.63) is 0 Å². The van der Waals surface area contributed by atoms with Crippen molar-refractivity contribution >= 4 is 39.5 Å². The van der Waals surface area contributed by atoms with Crippen LogP contribution in [0.1, 0.15) is 427 Å². The van der Waals surface area contributed by atoms with Crippen molar-refractivity contribution in [1.29, 1.82) is 0 Å². The summed E-state index contributed by atoms with van der Waals surface area (Å²) in [7, 11) is -9.91. The van der Waals surface area contributed by atoms with E-state index in [1.807, 2.05) is 0 Å². The standard InChI is InChI=1S/C81H158O17P2/c1-7-9-11-13-15-17-18-28-36-41-47-53-59-65-80(85)97-76(69-91-78(83)63-57-51-45-16-14-12-10-8-2)71-95-99(87,88)93-67-75(82)68-94-100(89,90)96-72-77(70-92-79(84)64-58-52-46-40-35-31-27-23-25-30-34-39-44-50-56-62-74(5)6)98-81(86)66-60-54-48-42-37-32-26-22-20-19-21-24-29-33-38-43-49-55-61-73(3)4/h73-77,82H,7-72H2,1-6H3,(H,87,88)(H,89,90)/t75-,76+,77+/m0/s1. The molecule has 0 rings (SSSR count). The number of hydrogen-bond donors (Lipinski definition) is 3. The highest BCUT2D eigenvalue weighted by Crippen LogP contribution is 2.45. The highest BCUT2D eigenvalue weighted by atomic mass is 31.2. The maximum atomic E-state index is 13.1. The zero-order valence-corrected chi connectivity index (χ0v) is 67.3. The third-order valence-electron chi connectivity index (χ3n) is 19.0. The molecule has 17 nitrogen and oxygen atoms in total. The number of carbonyl (C=O) groups is 4. The molecular weight excluding hydrogens is 1310 g/mol. The van der Waals surface area contributed by atoms with Gasteiger partial charge in [0.2, 0.25) is 0 Å². The van der Waals surface area contributed by atoms with Gasteiger partial charge in [0, 0.05) is 25.7 Å². The first-order chi connectivity index (χ1) is 48.4. The monoisotopic (exact) mass is 1470 g/mol. The van der Waals surface area contributed by atoms with Gasteiger partial charge >= 0.3 is 39.5 Å². The van der Waals surface area contributed by atoms with Gasteiger partial charge in [0.05, 0.1) is 26.4 Å². The number of phosphoric acid groups is 2. The van der Waals surface area contributed by atoms with Gasteiger partial charge in [0.1, 0.15) is 19.3 Å². The minimum absolute atomic E-state index is 0.108. The lowest BCUT2D eigenvalue weighted by Gasteiger charge is -2.21. The third kappa shape index (κ3) is 74.3. The van der Waals surface area contributed by atoms with Crippen molar-refractivity contribution in [2.75, 3.05) is 39.6 Å². The van der Waals surface area contributed by atoms with Crippen LogP contribution >= 0.6 is 15.6 Å². The number of ether oxygens (including phenoxy) is 4. The van der Waals surface area contributed by atoms with Crippen molar-refractivity contribution in [3.63, 3.8) is 0 Å². The molecule has 5 atom stereocenters. The fourth-order valence-electron chi connectivity index (χ4n) is 12.5. The summed E-state index contributed by atoms with van der Waals surface area (Å²) >= 11 is 0. The zero-order chi connectivity index (χ0) is 73.5. The molecule has 3 N–H and O–H groups in total. The zero-order valence-electron chi connectivity index (χ0n) is 65.5. The van der Waals surface area contributed by atoms with Crippen molar-refractivity contribution < 1.29 is 80.2 Å². The Morgan fingerprint density at radius 2 is 0.460 bits per heavy atom. The molecule has 0 heterocycles. The lowest BCUT2D eigenvalue weighted by atomic mass is 10.0. The van der Waals surface area contributed by atoms with Crippen molar-refractivity contribution in [2.24, 2.45) is 11.8 Å². The minimum atomic E-state index is -4.96. The fourth-order valence-corrected chi connectivity index (χ4v) is 14.1. The molecule has 0 fully saturated rings. The molecule has 0 aromatic rings. The van der Waals surface area contributed by atoms with E-state index in [4.69, 9.17) is 37.0 Å². The first-order valence-electron chi connectivity index (χ1n) is 42.0. The second-order valence-electron chi connectivity index (χ2n) is 30.1. The number of hydrogen-bond acceptors (Lipinski definition) is 15. The Hall–Kier alpha value is -1.94. The molecule has 0 aromatic heterocycles. The van der Waals surface area contributed by atoms with E-state index >= 15 is 0 Å². The second kappa shape index (κ2) is 72.6. The Morgan fingerprint density at radius 3 is 0.680 bits per heavy atom. The quantitative estimate of drug-likeness (QED) is 0.0222. The van der Waals surface area contributed by atoms with Crippen molar-refractivity contribution in [2.45, 2.75) is 445 Å². The molecule has 0 bridgehead atoms. The minimum Gasteiger partial charge on any atom is -0.462 e. The molecule has 0 aliphatic heterocycles. The maximum absolute atomic E-state index is 13.1. The summed E-state index contributed by atoms with van der Waals surface area (Å²) in [5, 5.41) is 10.6. The molecule has 0 aromatic carbocycles. The summed E-state index contributed by atoms with van der Waals surface area (Å²) in [6, 6.07) is 0. The van der Waals surface area contributed by atoms with E-state index in [9.17, 15) is 43.2 Å². The molecule has 0 radical (unpaired) electrons. The molecule has 594 valence electrons. The summed E-state index contributed by atoms with van der Waals surface area (Å²) < 4.78 is 68.6. The number of aliphatic hydroxyl groups excluding tert-OH is 1. The molecule has 19 heteroatoms. The number of phosphoric ester groups is 2. The highest BCUT2D eigenvalue weighted by Gasteiger charge is 2.30. The van der Waals surface area contributed by atoms with Crippen LogP contribution in [0.2, 0.25) is 0 Å². The Kier molecular flexibility index (Phi) is 71.2. The van der Waals surface area contributed by atoms with Gasteiger partial charge in [0.15, 0.2) is 12.2 Å². The average molecular weight is 1470 g/mol. The maximum Gasteiger partial charge on any atom is 0.472 e. The second-order valence-corrected chi connectivity index (χ2v) is 33.0. The average Bonchev–Trinajstić information content (AvgIpc) is 0.929. The Labute approximate surface area is 613 Å². The van der Waals surface area contributed by atoms with Gasteiger partial charge < -0.3 is 33.8 Å². The van der Waals surface area contributed by atoms with Gasteiger partial charge in [0.25, 0.3) is 0 Å². The van der Waals surface area contributed by atoms with Crippen LogP contribution < -0.4 is 0 Å². The molecule has 0 saturated heterocycles. The van der Waals surface area contributed by atoms with Gasteiger partial charge in [-0.3, -0.25) is 37.3 Å². The predicted octanol–water partition coefficient (Wildman–Crippen LogP) is 24.3. The lowest BCUT2D eigenvalue weighted by Crippen LogP contribution is -2.30. The number of aliphatic hydroxyl groups is 1. The first kappa shape index (κ1) is 98.1. The van der Waals surface area contributed by atoms with Crippen LogP contribution in [0.15, 0.2) is 0 Å². The van der Waals surface area contributed by atoms with Gasteiger partial charge in [-0.1, -0.05) is 375 Å². The summed E-state index contributed by atoms with van der Waals surface area (Å²) in [6.45, 7) is 9.67. The summed E-state index contributed by atoms with van der Waals surface area (Å²) in [4.78, 5) is 72.9.